The fraction of sp³-hybridized carbons (Fsp3) is 0.333. The summed E-state index contributed by atoms with van der Waals surface area (Å²) >= 11 is 6.27. The van der Waals surface area contributed by atoms with E-state index in [0.29, 0.717) is 51.2 Å². The molecule has 0 unspecified atom stereocenters. The van der Waals surface area contributed by atoms with Crippen LogP contribution in [0.5, 0.6) is 17.4 Å². The number of nitrogens with one attached hydrogen (secondary N) is 2. The van der Waals surface area contributed by atoms with Gasteiger partial charge in [-0.25, -0.2) is 14.8 Å². The van der Waals surface area contributed by atoms with Gasteiger partial charge in [0.15, 0.2) is 0 Å². The molecule has 2 amide bonds. The molecule has 0 atom stereocenters. The molecule has 1 saturated heterocycles. The first-order valence-corrected chi connectivity index (χ1v) is 11.3. The van der Waals surface area contributed by atoms with Gasteiger partial charge in [-0.3, -0.25) is 0 Å². The molecule has 4 rings (SSSR count). The van der Waals surface area contributed by atoms with Crippen molar-refractivity contribution in [3.63, 3.8) is 0 Å². The number of carbonyl (C=O) groups is 1. The maximum absolute atomic E-state index is 11.5. The first-order valence-electron chi connectivity index (χ1n) is 10.9. The number of carbonyl (C=O) groups excluding carboxylic acids is 1. The molecule has 1 aliphatic rings. The normalized spacial score (nSPS) is 14.4. The van der Waals surface area contributed by atoms with E-state index in [4.69, 9.17) is 21.1 Å². The first-order chi connectivity index (χ1) is 16.5. The highest BCUT2D eigenvalue weighted by Gasteiger charge is 2.19. The van der Waals surface area contributed by atoms with Gasteiger partial charge in [-0.05, 0) is 57.1 Å². The number of nitrogens with zero attached hydrogens (tertiary/aromatic N) is 4. The Morgan fingerprint density at radius 3 is 2.76 bits per heavy atom. The van der Waals surface area contributed by atoms with Crippen molar-refractivity contribution < 1.29 is 14.3 Å². The van der Waals surface area contributed by atoms with E-state index in [1.165, 1.54) is 13.4 Å². The molecule has 9 nitrogen and oxygen atoms in total. The Kier molecular flexibility index (Phi) is 7.30. The van der Waals surface area contributed by atoms with Crippen molar-refractivity contribution in [3.8, 4) is 23.4 Å². The Hall–Kier alpha value is -3.61. The maximum Gasteiger partial charge on any atom is 0.319 e. The van der Waals surface area contributed by atoms with Crippen LogP contribution < -0.4 is 20.1 Å². The summed E-state index contributed by atoms with van der Waals surface area (Å²) in [6.45, 7) is 2.67. The first kappa shape index (κ1) is 23.5. The summed E-state index contributed by atoms with van der Waals surface area (Å²) in [5.41, 5.74) is 1.44. The monoisotopic (exact) mass is 480 g/mol. The number of hydrogen-bond donors (Lipinski definition) is 2. The lowest BCUT2D eigenvalue weighted by Crippen LogP contribution is -2.32. The molecular formula is C24H25ClN6O3. The summed E-state index contributed by atoms with van der Waals surface area (Å²) in [4.78, 5) is 22.4. The summed E-state index contributed by atoms with van der Waals surface area (Å²) in [5, 5.41) is 15.7. The molecule has 34 heavy (non-hydrogen) atoms. The lowest BCUT2D eigenvalue weighted by molar-refractivity contribution is 0.160. The molecule has 2 N–H and O–H groups in total. The number of benzene rings is 2. The van der Waals surface area contributed by atoms with E-state index in [1.807, 2.05) is 0 Å². The third-order valence-corrected chi connectivity index (χ3v) is 6.08. The van der Waals surface area contributed by atoms with E-state index in [0.717, 1.165) is 25.9 Å². The lowest BCUT2D eigenvalue weighted by Gasteiger charge is -2.28. The van der Waals surface area contributed by atoms with Crippen LogP contribution in [0.15, 0.2) is 36.7 Å². The Balaban J connectivity index is 1.54. The van der Waals surface area contributed by atoms with E-state index in [9.17, 15) is 10.1 Å². The minimum absolute atomic E-state index is 0.284. The summed E-state index contributed by atoms with van der Waals surface area (Å²) < 4.78 is 12.0. The fourth-order valence-corrected chi connectivity index (χ4v) is 3.96. The highest BCUT2D eigenvalue weighted by Crippen LogP contribution is 2.34. The second kappa shape index (κ2) is 10.5. The van der Waals surface area contributed by atoms with Gasteiger partial charge in [0.05, 0.1) is 33.8 Å². The summed E-state index contributed by atoms with van der Waals surface area (Å²) in [5.74, 6) is 1.68. The standard InChI is InChI=1S/C24H25ClN6O3/c1-27-24(32)30-20-4-3-17(10-19(20)25)34-23-18-9-16(12-26)22(11-21(18)28-14-29-23)33-13-15-5-7-31(2)8-6-15/h3-4,9-11,14-15H,5-8,13H2,1-2H3,(H2,27,30,32). The van der Waals surface area contributed by atoms with Crippen molar-refractivity contribution >= 4 is 34.2 Å². The molecule has 2 heterocycles. The molecule has 0 spiro atoms. The van der Waals surface area contributed by atoms with E-state index < -0.39 is 0 Å². The zero-order valence-corrected chi connectivity index (χ0v) is 19.7. The van der Waals surface area contributed by atoms with Gasteiger partial charge in [0.2, 0.25) is 5.88 Å². The molecular weight excluding hydrogens is 456 g/mol. The zero-order valence-electron chi connectivity index (χ0n) is 19.0. The third-order valence-electron chi connectivity index (χ3n) is 5.76. The van der Waals surface area contributed by atoms with E-state index in [-0.39, 0.29) is 11.9 Å². The highest BCUT2D eigenvalue weighted by atomic mass is 35.5. The van der Waals surface area contributed by atoms with Gasteiger partial charge in [0, 0.05) is 19.2 Å². The largest absolute Gasteiger partial charge is 0.492 e. The van der Waals surface area contributed by atoms with Gasteiger partial charge >= 0.3 is 6.03 Å². The predicted octanol–water partition coefficient (Wildman–Crippen LogP) is 4.42. The number of piperidine rings is 1. The number of anilines is 1. The highest BCUT2D eigenvalue weighted by molar-refractivity contribution is 6.33. The molecule has 176 valence electrons. The Morgan fingerprint density at radius 2 is 2.06 bits per heavy atom. The Bertz CT molecular complexity index is 1240. The number of aromatic nitrogens is 2. The fourth-order valence-electron chi connectivity index (χ4n) is 3.74. The second-order valence-corrected chi connectivity index (χ2v) is 8.57. The van der Waals surface area contributed by atoms with Gasteiger partial charge < -0.3 is 25.0 Å². The van der Waals surface area contributed by atoms with Crippen molar-refractivity contribution in [2.45, 2.75) is 12.8 Å². The number of likely N-dealkylation sites (tertiary alicyclic amines) is 1. The molecule has 3 aromatic rings. The predicted molar refractivity (Wildman–Crippen MR) is 130 cm³/mol. The lowest BCUT2D eigenvalue weighted by atomic mass is 9.98. The summed E-state index contributed by atoms with van der Waals surface area (Å²) in [6.07, 6.45) is 3.55. The number of urea groups is 1. The van der Waals surface area contributed by atoms with Crippen LogP contribution in [0.25, 0.3) is 10.9 Å². The van der Waals surface area contributed by atoms with Crippen molar-refractivity contribution in [1.82, 2.24) is 20.2 Å². The number of nitriles is 1. The number of hydrogen-bond acceptors (Lipinski definition) is 7. The number of fused-ring (bicyclic) bond motifs is 1. The quantitative estimate of drug-likeness (QED) is 0.537. The van der Waals surface area contributed by atoms with Crippen LogP contribution in [0, 0.1) is 17.2 Å². The minimum atomic E-state index is -0.379. The van der Waals surface area contributed by atoms with Crippen LogP contribution in [0.4, 0.5) is 10.5 Å². The van der Waals surface area contributed by atoms with Gasteiger partial charge in [0.1, 0.15) is 23.9 Å². The number of amides is 2. The van der Waals surface area contributed by atoms with Gasteiger partial charge in [-0.1, -0.05) is 11.6 Å². The SMILES string of the molecule is CNC(=O)Nc1ccc(Oc2ncnc3cc(OCC4CCN(C)CC4)c(C#N)cc23)cc1Cl. The molecule has 2 aromatic carbocycles. The molecule has 1 aromatic heterocycles. The molecule has 1 aliphatic heterocycles. The molecule has 0 saturated carbocycles. The van der Waals surface area contributed by atoms with Crippen LogP contribution in [0.1, 0.15) is 18.4 Å². The second-order valence-electron chi connectivity index (χ2n) is 8.16. The third kappa shape index (κ3) is 5.47. The van der Waals surface area contributed by atoms with E-state index in [1.54, 1.807) is 30.3 Å². The number of ether oxygens (including phenoxy) is 2. The number of rotatable bonds is 6. The van der Waals surface area contributed by atoms with Gasteiger partial charge in [0.25, 0.3) is 0 Å². The van der Waals surface area contributed by atoms with Crippen molar-refractivity contribution in [2.24, 2.45) is 5.92 Å². The molecule has 0 radical (unpaired) electrons. The van der Waals surface area contributed by atoms with Crippen LogP contribution in [-0.2, 0) is 0 Å². The van der Waals surface area contributed by atoms with Gasteiger partial charge in [-0.15, -0.1) is 0 Å². The van der Waals surface area contributed by atoms with Gasteiger partial charge in [-0.2, -0.15) is 5.26 Å². The Morgan fingerprint density at radius 1 is 1.26 bits per heavy atom. The van der Waals surface area contributed by atoms with Crippen LogP contribution in [0.2, 0.25) is 5.02 Å². The smallest absolute Gasteiger partial charge is 0.319 e. The Labute approximate surface area is 202 Å². The molecule has 0 bridgehead atoms. The molecule has 10 heteroatoms. The number of halogens is 1. The maximum atomic E-state index is 11.5. The van der Waals surface area contributed by atoms with Crippen molar-refractivity contribution in [2.75, 3.05) is 39.1 Å². The molecule has 1 fully saturated rings. The van der Waals surface area contributed by atoms with Crippen LogP contribution >= 0.6 is 11.6 Å². The summed E-state index contributed by atoms with van der Waals surface area (Å²) in [6, 6.07) is 10.1. The zero-order chi connectivity index (χ0) is 24.1. The van der Waals surface area contributed by atoms with Crippen molar-refractivity contribution in [3.05, 3.63) is 47.2 Å². The average Bonchev–Trinajstić information content (AvgIpc) is 2.85. The summed E-state index contributed by atoms with van der Waals surface area (Å²) in [7, 11) is 3.64. The van der Waals surface area contributed by atoms with Crippen LogP contribution in [-0.4, -0.2) is 54.7 Å². The van der Waals surface area contributed by atoms with E-state index in [2.05, 4.69) is 38.6 Å². The average molecular weight is 481 g/mol. The molecule has 0 aliphatic carbocycles. The van der Waals surface area contributed by atoms with Crippen molar-refractivity contribution in [1.29, 1.82) is 5.26 Å². The topological polar surface area (TPSA) is 112 Å². The minimum Gasteiger partial charge on any atom is -0.492 e. The van der Waals surface area contributed by atoms with Crippen LogP contribution in [0.3, 0.4) is 0 Å². The van der Waals surface area contributed by atoms with E-state index >= 15 is 0 Å².